The molecule has 12 heteroatoms. The molecule has 0 heterocycles. The second-order valence-electron chi connectivity index (χ2n) is 6.64. The molecular weight excluding hydrogens is 503 g/mol. The van der Waals surface area contributed by atoms with Gasteiger partial charge in [-0.25, -0.2) is 18.9 Å². The SMILES string of the molecule is C\C=C(CC(=N)N=C/C(=C\C)C(=O)NO)/C(Cl)=C\C=C\NC(=O)c1ccc(S(C)(=O)=O)cc1Cl. The Balaban J connectivity index is 2.79. The summed E-state index contributed by atoms with van der Waals surface area (Å²) in [5, 5.41) is 19.4. The third kappa shape index (κ3) is 9.06. The summed E-state index contributed by atoms with van der Waals surface area (Å²) in [5.41, 5.74) is 2.25. The molecule has 0 unspecified atom stereocenters. The van der Waals surface area contributed by atoms with E-state index < -0.39 is 21.7 Å². The molecule has 1 aromatic carbocycles. The fraction of sp³-hybridized carbons (Fsp3) is 0.182. The van der Waals surface area contributed by atoms with Crippen LogP contribution in [0.3, 0.4) is 0 Å². The molecule has 9 nitrogen and oxygen atoms in total. The van der Waals surface area contributed by atoms with E-state index in [-0.39, 0.29) is 33.3 Å². The van der Waals surface area contributed by atoms with E-state index in [9.17, 15) is 18.0 Å². The second-order valence-corrected chi connectivity index (χ2v) is 9.47. The zero-order chi connectivity index (χ0) is 25.9. The van der Waals surface area contributed by atoms with E-state index in [1.54, 1.807) is 19.9 Å². The number of carbonyl (C=O) groups is 2. The highest BCUT2D eigenvalue weighted by molar-refractivity contribution is 7.90. The summed E-state index contributed by atoms with van der Waals surface area (Å²) in [6.07, 6.45) is 9.68. The van der Waals surface area contributed by atoms with E-state index in [1.165, 1.54) is 48.1 Å². The van der Waals surface area contributed by atoms with E-state index in [1.807, 2.05) is 0 Å². The zero-order valence-corrected chi connectivity index (χ0v) is 20.9. The lowest BCUT2D eigenvalue weighted by molar-refractivity contribution is -0.124. The average Bonchev–Trinajstić information content (AvgIpc) is 2.79. The molecule has 0 aliphatic carbocycles. The molecular formula is C22H24Cl2N4O5S. The Kier molecular flexibility index (Phi) is 11.6. The third-order valence-electron chi connectivity index (χ3n) is 4.21. The van der Waals surface area contributed by atoms with Gasteiger partial charge in [-0.3, -0.25) is 20.2 Å². The van der Waals surface area contributed by atoms with E-state index in [4.69, 9.17) is 33.8 Å². The number of rotatable bonds is 9. The molecule has 34 heavy (non-hydrogen) atoms. The Morgan fingerprint density at radius 1 is 1.24 bits per heavy atom. The van der Waals surface area contributed by atoms with E-state index in [0.717, 1.165) is 12.5 Å². The van der Waals surface area contributed by atoms with Crippen molar-refractivity contribution in [2.24, 2.45) is 4.99 Å². The lowest BCUT2D eigenvalue weighted by atomic mass is 10.1. The van der Waals surface area contributed by atoms with Crippen LogP contribution in [0.15, 0.2) is 74.8 Å². The standard InChI is InChI=1S/C22H24Cl2N4O5S/c1-4-14(11-20(25)27-13-15(5-2)21(29)28-31)18(23)7-6-10-26-22(30)17-9-8-16(12-19(17)24)34(3,32)33/h4-10,12-13,25,31H,11H2,1-3H3,(H,26,30)(H,28,29)/b10-6+,14-4-,15-5+,18-7+,25-20?,27-13?. The Morgan fingerprint density at radius 3 is 2.44 bits per heavy atom. The quantitative estimate of drug-likeness (QED) is 0.0959. The number of aliphatic imine (C=N–C) groups is 1. The number of sulfone groups is 1. The van der Waals surface area contributed by atoms with Gasteiger partial charge in [0.1, 0.15) is 5.84 Å². The number of halogens is 2. The van der Waals surface area contributed by atoms with Gasteiger partial charge >= 0.3 is 0 Å². The maximum absolute atomic E-state index is 12.3. The molecule has 0 saturated heterocycles. The van der Waals surface area contributed by atoms with Gasteiger partial charge in [0.2, 0.25) is 0 Å². The highest BCUT2D eigenvalue weighted by atomic mass is 35.5. The number of carbonyl (C=O) groups excluding carboxylic acids is 2. The number of nitrogens with one attached hydrogen (secondary N) is 3. The van der Waals surface area contributed by atoms with Gasteiger partial charge in [0, 0.05) is 30.1 Å². The molecule has 4 N–H and O–H groups in total. The van der Waals surface area contributed by atoms with Crippen molar-refractivity contribution in [2.75, 3.05) is 6.26 Å². The molecule has 0 saturated carbocycles. The molecule has 182 valence electrons. The van der Waals surface area contributed by atoms with Crippen LogP contribution in [0.4, 0.5) is 0 Å². The molecule has 0 aliphatic heterocycles. The Morgan fingerprint density at radius 2 is 1.91 bits per heavy atom. The number of amidine groups is 1. The number of nitrogens with zero attached hydrogens (tertiary/aromatic N) is 1. The maximum Gasteiger partial charge on any atom is 0.275 e. The van der Waals surface area contributed by atoms with Gasteiger partial charge in [0.25, 0.3) is 11.8 Å². The predicted molar refractivity (Wildman–Crippen MR) is 133 cm³/mol. The van der Waals surface area contributed by atoms with E-state index >= 15 is 0 Å². The summed E-state index contributed by atoms with van der Waals surface area (Å²) in [4.78, 5) is 27.6. The average molecular weight is 527 g/mol. The first kappa shape index (κ1) is 29.0. The van der Waals surface area contributed by atoms with Crippen molar-refractivity contribution in [3.8, 4) is 0 Å². The lowest BCUT2D eigenvalue weighted by Crippen LogP contribution is -2.21. The summed E-state index contributed by atoms with van der Waals surface area (Å²) in [6.45, 7) is 3.31. The molecule has 0 spiro atoms. The molecule has 0 bridgehead atoms. The van der Waals surface area contributed by atoms with Crippen LogP contribution in [0.2, 0.25) is 5.02 Å². The van der Waals surface area contributed by atoms with Crippen molar-refractivity contribution in [3.05, 3.63) is 75.5 Å². The van der Waals surface area contributed by atoms with Crippen molar-refractivity contribution in [3.63, 3.8) is 0 Å². The van der Waals surface area contributed by atoms with Crippen LogP contribution in [-0.4, -0.2) is 43.7 Å². The number of hydroxylamine groups is 1. The molecule has 0 radical (unpaired) electrons. The number of hydrogen-bond donors (Lipinski definition) is 4. The smallest absolute Gasteiger partial charge is 0.275 e. The normalized spacial score (nSPS) is 13.4. The van der Waals surface area contributed by atoms with Gasteiger partial charge in [-0.15, -0.1) is 0 Å². The Hall–Kier alpha value is -3.05. The molecule has 2 amide bonds. The summed E-state index contributed by atoms with van der Waals surface area (Å²) < 4.78 is 23.1. The minimum absolute atomic E-state index is 0.00443. The summed E-state index contributed by atoms with van der Waals surface area (Å²) in [7, 11) is -3.44. The first-order chi connectivity index (χ1) is 15.9. The van der Waals surface area contributed by atoms with Crippen molar-refractivity contribution < 1.29 is 23.2 Å². The monoisotopic (exact) mass is 526 g/mol. The van der Waals surface area contributed by atoms with Gasteiger partial charge < -0.3 is 5.32 Å². The fourth-order valence-corrected chi connectivity index (χ4v) is 3.61. The first-order valence-electron chi connectivity index (χ1n) is 9.65. The fourth-order valence-electron chi connectivity index (χ4n) is 2.38. The van der Waals surface area contributed by atoms with E-state index in [0.29, 0.717) is 10.6 Å². The number of benzene rings is 1. The van der Waals surface area contributed by atoms with Crippen LogP contribution in [0.25, 0.3) is 0 Å². The Labute approximate surface area is 207 Å². The van der Waals surface area contributed by atoms with Crippen LogP contribution in [0.5, 0.6) is 0 Å². The summed E-state index contributed by atoms with van der Waals surface area (Å²) >= 11 is 12.3. The third-order valence-corrected chi connectivity index (χ3v) is 6.01. The van der Waals surface area contributed by atoms with Gasteiger partial charge in [0.15, 0.2) is 9.84 Å². The highest BCUT2D eigenvalue weighted by Crippen LogP contribution is 2.21. The number of amides is 2. The minimum Gasteiger partial charge on any atom is -0.329 e. The predicted octanol–water partition coefficient (Wildman–Crippen LogP) is 3.95. The van der Waals surface area contributed by atoms with Crippen LogP contribution in [0, 0.1) is 5.41 Å². The molecule has 1 aromatic rings. The van der Waals surface area contributed by atoms with Crippen LogP contribution in [-0.2, 0) is 14.6 Å². The minimum atomic E-state index is -3.44. The van der Waals surface area contributed by atoms with Crippen LogP contribution in [0.1, 0.15) is 30.6 Å². The second kappa shape index (κ2) is 13.6. The van der Waals surface area contributed by atoms with Gasteiger partial charge in [0.05, 0.1) is 21.1 Å². The van der Waals surface area contributed by atoms with Crippen molar-refractivity contribution in [1.82, 2.24) is 10.8 Å². The molecule has 0 aliphatic rings. The molecule has 0 aromatic heterocycles. The van der Waals surface area contributed by atoms with Crippen LogP contribution >= 0.6 is 23.2 Å². The molecule has 0 fully saturated rings. The van der Waals surface area contributed by atoms with Crippen LogP contribution < -0.4 is 10.8 Å². The van der Waals surface area contributed by atoms with Crippen molar-refractivity contribution >= 4 is 56.9 Å². The zero-order valence-electron chi connectivity index (χ0n) is 18.6. The maximum atomic E-state index is 12.3. The number of allylic oxidation sites excluding steroid dienone is 5. The topological polar surface area (TPSA) is 149 Å². The Bertz CT molecular complexity index is 1220. The molecule has 1 rings (SSSR count). The van der Waals surface area contributed by atoms with Gasteiger partial charge in [-0.2, -0.15) is 0 Å². The lowest BCUT2D eigenvalue weighted by Gasteiger charge is -2.06. The first-order valence-corrected chi connectivity index (χ1v) is 12.3. The largest absolute Gasteiger partial charge is 0.329 e. The highest BCUT2D eigenvalue weighted by Gasteiger charge is 2.14. The molecule has 0 atom stereocenters. The van der Waals surface area contributed by atoms with E-state index in [2.05, 4.69) is 10.3 Å². The van der Waals surface area contributed by atoms with Crippen molar-refractivity contribution in [2.45, 2.75) is 25.2 Å². The van der Waals surface area contributed by atoms with Gasteiger partial charge in [-0.1, -0.05) is 35.4 Å². The van der Waals surface area contributed by atoms with Gasteiger partial charge in [-0.05, 0) is 49.8 Å². The summed E-state index contributed by atoms with van der Waals surface area (Å²) in [6, 6.07) is 3.82. The summed E-state index contributed by atoms with van der Waals surface area (Å²) in [5.74, 6) is -1.36. The number of hydrogen-bond acceptors (Lipinski definition) is 6. The van der Waals surface area contributed by atoms with Crippen molar-refractivity contribution in [1.29, 1.82) is 5.41 Å².